The third kappa shape index (κ3) is 2.77. The Morgan fingerprint density at radius 2 is 1.82 bits per heavy atom. The molecule has 1 aliphatic rings. The first-order chi connectivity index (χ1) is 10.6. The third-order valence-corrected chi connectivity index (χ3v) is 4.77. The molecule has 22 heavy (non-hydrogen) atoms. The molecule has 1 unspecified atom stereocenters. The molecule has 1 N–H and O–H groups in total. The fraction of sp³-hybridized carbons (Fsp3) is 0.588. The molecule has 0 spiro atoms. The highest BCUT2D eigenvalue weighted by molar-refractivity contribution is 5.79. The summed E-state index contributed by atoms with van der Waals surface area (Å²) < 4.78 is 10.7. The number of H-pyrrole nitrogens is 1. The van der Waals surface area contributed by atoms with E-state index in [1.807, 2.05) is 12.1 Å². The lowest BCUT2D eigenvalue weighted by Gasteiger charge is -2.33. The Morgan fingerprint density at radius 1 is 1.18 bits per heavy atom. The number of benzene rings is 1. The molecule has 1 atom stereocenters. The van der Waals surface area contributed by atoms with E-state index in [0.717, 1.165) is 41.6 Å². The average molecular weight is 303 g/mol. The molecule has 0 radical (unpaired) electrons. The molecule has 5 nitrogen and oxygen atoms in total. The number of imidazole rings is 1. The van der Waals surface area contributed by atoms with Crippen molar-refractivity contribution in [1.82, 2.24) is 14.9 Å². The zero-order chi connectivity index (χ0) is 15.7. The SMILES string of the molecule is COc1cc2nc(C(C)N3CCC(C)CC3)[nH]c2cc1OC. The monoisotopic (exact) mass is 303 g/mol. The van der Waals surface area contributed by atoms with Crippen molar-refractivity contribution >= 4 is 11.0 Å². The Morgan fingerprint density at radius 3 is 2.45 bits per heavy atom. The topological polar surface area (TPSA) is 50.4 Å². The fourth-order valence-corrected chi connectivity index (χ4v) is 3.14. The maximum absolute atomic E-state index is 5.36. The lowest BCUT2D eigenvalue weighted by molar-refractivity contribution is 0.143. The van der Waals surface area contributed by atoms with Gasteiger partial charge in [-0.1, -0.05) is 6.92 Å². The quantitative estimate of drug-likeness (QED) is 0.941. The van der Waals surface area contributed by atoms with Crippen LogP contribution >= 0.6 is 0 Å². The Balaban J connectivity index is 1.88. The highest BCUT2D eigenvalue weighted by Gasteiger charge is 2.23. The van der Waals surface area contributed by atoms with Crippen LogP contribution in [0.2, 0.25) is 0 Å². The van der Waals surface area contributed by atoms with Crippen molar-refractivity contribution in [1.29, 1.82) is 0 Å². The zero-order valence-electron chi connectivity index (χ0n) is 13.8. The summed E-state index contributed by atoms with van der Waals surface area (Å²) in [7, 11) is 3.30. The van der Waals surface area contributed by atoms with Gasteiger partial charge in [-0.05, 0) is 38.8 Å². The Labute approximate surface area is 131 Å². The van der Waals surface area contributed by atoms with Gasteiger partial charge in [-0.2, -0.15) is 0 Å². The summed E-state index contributed by atoms with van der Waals surface area (Å²) in [6.45, 7) is 6.85. The first-order valence-electron chi connectivity index (χ1n) is 7.98. The smallest absolute Gasteiger partial charge is 0.163 e. The van der Waals surface area contributed by atoms with Crippen LogP contribution < -0.4 is 9.47 Å². The molecule has 1 aliphatic heterocycles. The minimum atomic E-state index is 0.303. The van der Waals surface area contributed by atoms with Gasteiger partial charge in [0.2, 0.25) is 0 Å². The zero-order valence-corrected chi connectivity index (χ0v) is 13.8. The van der Waals surface area contributed by atoms with E-state index < -0.39 is 0 Å². The van der Waals surface area contributed by atoms with Gasteiger partial charge < -0.3 is 14.5 Å². The van der Waals surface area contributed by atoms with Gasteiger partial charge in [0.05, 0.1) is 31.3 Å². The predicted molar refractivity (Wildman–Crippen MR) is 87.6 cm³/mol. The molecule has 1 saturated heterocycles. The van der Waals surface area contributed by atoms with Gasteiger partial charge in [-0.25, -0.2) is 4.98 Å². The summed E-state index contributed by atoms with van der Waals surface area (Å²) >= 11 is 0. The van der Waals surface area contributed by atoms with E-state index in [-0.39, 0.29) is 0 Å². The van der Waals surface area contributed by atoms with Crippen LogP contribution in [0.1, 0.15) is 38.6 Å². The molecule has 1 aromatic carbocycles. The largest absolute Gasteiger partial charge is 0.493 e. The number of hydrogen-bond acceptors (Lipinski definition) is 4. The van der Waals surface area contributed by atoms with E-state index in [0.29, 0.717) is 11.8 Å². The molecular formula is C17H25N3O2. The van der Waals surface area contributed by atoms with Crippen molar-refractivity contribution in [3.05, 3.63) is 18.0 Å². The van der Waals surface area contributed by atoms with Crippen LogP contribution in [-0.2, 0) is 0 Å². The number of rotatable bonds is 4. The van der Waals surface area contributed by atoms with Crippen molar-refractivity contribution in [2.24, 2.45) is 5.92 Å². The number of piperidine rings is 1. The number of nitrogens with zero attached hydrogens (tertiary/aromatic N) is 2. The first-order valence-corrected chi connectivity index (χ1v) is 7.98. The van der Waals surface area contributed by atoms with Gasteiger partial charge in [0.25, 0.3) is 0 Å². The van der Waals surface area contributed by atoms with E-state index >= 15 is 0 Å². The van der Waals surface area contributed by atoms with Gasteiger partial charge in [0.15, 0.2) is 11.5 Å². The first kappa shape index (κ1) is 15.2. The van der Waals surface area contributed by atoms with Crippen molar-refractivity contribution in [3.63, 3.8) is 0 Å². The summed E-state index contributed by atoms with van der Waals surface area (Å²) in [5, 5.41) is 0. The molecule has 0 aliphatic carbocycles. The molecule has 120 valence electrons. The maximum Gasteiger partial charge on any atom is 0.163 e. The maximum atomic E-state index is 5.36. The molecule has 0 saturated carbocycles. The Kier molecular flexibility index (Phi) is 4.25. The molecular weight excluding hydrogens is 278 g/mol. The molecule has 2 aromatic rings. The van der Waals surface area contributed by atoms with Crippen LogP contribution in [0.5, 0.6) is 11.5 Å². The second-order valence-corrected chi connectivity index (χ2v) is 6.24. The van der Waals surface area contributed by atoms with E-state index in [9.17, 15) is 0 Å². The number of likely N-dealkylation sites (tertiary alicyclic amines) is 1. The van der Waals surface area contributed by atoms with E-state index in [1.54, 1.807) is 14.2 Å². The molecule has 3 rings (SSSR count). The van der Waals surface area contributed by atoms with Crippen LogP contribution in [-0.4, -0.2) is 42.2 Å². The van der Waals surface area contributed by atoms with Crippen LogP contribution in [0.15, 0.2) is 12.1 Å². The summed E-state index contributed by atoms with van der Waals surface area (Å²) in [6.07, 6.45) is 2.54. The van der Waals surface area contributed by atoms with Gasteiger partial charge >= 0.3 is 0 Å². The molecule has 2 heterocycles. The highest BCUT2D eigenvalue weighted by Crippen LogP contribution is 2.33. The average Bonchev–Trinajstić information content (AvgIpc) is 2.96. The summed E-state index contributed by atoms with van der Waals surface area (Å²) in [5.74, 6) is 3.30. The van der Waals surface area contributed by atoms with E-state index in [4.69, 9.17) is 14.5 Å². The molecule has 1 fully saturated rings. The van der Waals surface area contributed by atoms with E-state index in [1.165, 1.54) is 12.8 Å². The highest BCUT2D eigenvalue weighted by atomic mass is 16.5. The fourth-order valence-electron chi connectivity index (χ4n) is 3.14. The summed E-state index contributed by atoms with van der Waals surface area (Å²) in [5.41, 5.74) is 1.91. The Bertz CT molecular complexity index is 604. The minimum Gasteiger partial charge on any atom is -0.493 e. The van der Waals surface area contributed by atoms with E-state index in [2.05, 4.69) is 23.7 Å². The van der Waals surface area contributed by atoms with Crippen molar-refractivity contribution < 1.29 is 9.47 Å². The van der Waals surface area contributed by atoms with Gasteiger partial charge in [-0.3, -0.25) is 4.90 Å². The van der Waals surface area contributed by atoms with Crippen molar-refractivity contribution in [2.75, 3.05) is 27.3 Å². The standard InChI is InChI=1S/C17H25N3O2/c1-11-5-7-20(8-6-11)12(2)17-18-13-9-15(21-3)16(22-4)10-14(13)19-17/h9-12H,5-8H2,1-4H3,(H,18,19). The Hall–Kier alpha value is -1.75. The molecule has 0 amide bonds. The number of ether oxygens (including phenoxy) is 2. The number of aromatic amines is 1. The third-order valence-electron chi connectivity index (χ3n) is 4.77. The van der Waals surface area contributed by atoms with Crippen LogP contribution in [0.25, 0.3) is 11.0 Å². The molecule has 5 heteroatoms. The lowest BCUT2D eigenvalue weighted by atomic mass is 9.98. The second-order valence-electron chi connectivity index (χ2n) is 6.24. The number of hydrogen-bond donors (Lipinski definition) is 1. The minimum absolute atomic E-state index is 0.303. The normalized spacial score (nSPS) is 18.5. The summed E-state index contributed by atoms with van der Waals surface area (Å²) in [4.78, 5) is 10.7. The van der Waals surface area contributed by atoms with Gasteiger partial charge in [0, 0.05) is 12.1 Å². The number of nitrogens with one attached hydrogen (secondary N) is 1. The van der Waals surface area contributed by atoms with Gasteiger partial charge in [-0.15, -0.1) is 0 Å². The lowest BCUT2D eigenvalue weighted by Crippen LogP contribution is -2.35. The molecule has 0 bridgehead atoms. The number of aromatic nitrogens is 2. The van der Waals surface area contributed by atoms with Crippen molar-refractivity contribution in [2.45, 2.75) is 32.7 Å². The predicted octanol–water partition coefficient (Wildman–Crippen LogP) is 3.37. The summed E-state index contributed by atoms with van der Waals surface area (Å²) in [6, 6.07) is 4.19. The number of methoxy groups -OCH3 is 2. The number of fused-ring (bicyclic) bond motifs is 1. The molecule has 1 aromatic heterocycles. The van der Waals surface area contributed by atoms with Crippen LogP contribution in [0.4, 0.5) is 0 Å². The van der Waals surface area contributed by atoms with Gasteiger partial charge in [0.1, 0.15) is 5.82 Å². The van der Waals surface area contributed by atoms with Crippen LogP contribution in [0.3, 0.4) is 0 Å². The van der Waals surface area contributed by atoms with Crippen molar-refractivity contribution in [3.8, 4) is 11.5 Å². The second kappa shape index (κ2) is 6.16. The van der Waals surface area contributed by atoms with Crippen LogP contribution in [0, 0.1) is 5.92 Å².